The molecule has 14 heteroatoms. The first-order chi connectivity index (χ1) is 22.5. The van der Waals surface area contributed by atoms with Crippen LogP contribution in [0.5, 0.6) is 0 Å². The molecular formula is C34H51O11PSi2. The topological polar surface area (TPSA) is 128 Å². The van der Waals surface area contributed by atoms with Crippen LogP contribution in [-0.4, -0.2) is 77.6 Å². The molecule has 2 aliphatic rings. The van der Waals surface area contributed by atoms with Gasteiger partial charge in [-0.05, 0) is 64.3 Å². The van der Waals surface area contributed by atoms with E-state index in [-0.39, 0.29) is 45.4 Å². The molecule has 0 unspecified atom stereocenters. The van der Waals surface area contributed by atoms with Crippen LogP contribution in [0.1, 0.15) is 37.8 Å². The Kier molecular flexibility index (Phi) is 12.7. The molecule has 2 fully saturated rings. The smallest absolute Gasteiger partial charge is 0.366 e. The summed E-state index contributed by atoms with van der Waals surface area (Å²) >= 11 is 0. The number of hydrogen-bond acceptors (Lipinski definition) is 11. The second-order valence-corrected chi connectivity index (χ2v) is 25.1. The third-order valence-corrected chi connectivity index (χ3v) is 11.3. The number of epoxide rings is 1. The normalized spacial score (nSPS) is 26.1. The van der Waals surface area contributed by atoms with E-state index in [9.17, 15) is 14.2 Å². The molecule has 0 spiro atoms. The van der Waals surface area contributed by atoms with Crippen molar-refractivity contribution in [1.82, 2.24) is 0 Å². The molecule has 11 nitrogen and oxygen atoms in total. The first-order valence-corrected chi connectivity index (χ1v) is 25.1. The molecule has 2 aromatic carbocycles. The van der Waals surface area contributed by atoms with Crippen molar-refractivity contribution < 1.29 is 51.0 Å². The van der Waals surface area contributed by atoms with Gasteiger partial charge in [-0.2, -0.15) is 0 Å². The highest BCUT2D eigenvalue weighted by molar-refractivity contribution is 7.53. The summed E-state index contributed by atoms with van der Waals surface area (Å²) in [6.45, 7) is 15.4. The van der Waals surface area contributed by atoms with Crippen LogP contribution in [0.3, 0.4) is 0 Å². The van der Waals surface area contributed by atoms with Crippen molar-refractivity contribution >= 4 is 36.2 Å². The van der Waals surface area contributed by atoms with Gasteiger partial charge in [-0.15, -0.1) is 0 Å². The summed E-state index contributed by atoms with van der Waals surface area (Å²) in [5, 5.41) is 0. The van der Waals surface area contributed by atoms with E-state index < -0.39 is 65.9 Å². The van der Waals surface area contributed by atoms with Gasteiger partial charge < -0.3 is 36.8 Å². The zero-order valence-corrected chi connectivity index (χ0v) is 32.3. The Bertz CT molecular complexity index is 1320. The zero-order chi connectivity index (χ0) is 35.2. The maximum Gasteiger partial charge on any atom is 0.366 e. The van der Waals surface area contributed by atoms with Gasteiger partial charge in [0, 0.05) is 6.42 Å². The summed E-state index contributed by atoms with van der Waals surface area (Å²) in [6, 6.07) is 18.8. The molecule has 0 amide bonds. The molecule has 4 rings (SSSR count). The van der Waals surface area contributed by atoms with E-state index in [1.54, 1.807) is 13.8 Å². The van der Waals surface area contributed by atoms with Gasteiger partial charge >= 0.3 is 19.5 Å². The average Bonchev–Trinajstić information content (AvgIpc) is 3.77. The molecule has 0 N–H and O–H groups in total. The van der Waals surface area contributed by atoms with Crippen LogP contribution >= 0.6 is 7.60 Å². The summed E-state index contributed by atoms with van der Waals surface area (Å²) in [5.41, 5.74) is 0.106. The summed E-state index contributed by atoms with van der Waals surface area (Å²) in [5.74, 6) is -3.30. The highest BCUT2D eigenvalue weighted by Gasteiger charge is 2.66. The van der Waals surface area contributed by atoms with E-state index in [2.05, 4.69) is 0 Å². The molecule has 266 valence electrons. The quantitative estimate of drug-likeness (QED) is 0.0738. The SMILES string of the molecule is CCOC(=O)[C@]1(O[Si](C)(C)C)C[C@H]([C@@H]2O[C@@H]2CP(=O)(OCc2ccccc2)OCc2ccccc2)O[C@@](O[Si](C)(C)C)(C(=O)OCC)C1. The first kappa shape index (κ1) is 38.6. The Morgan fingerprint density at radius 3 is 1.77 bits per heavy atom. The fraction of sp³-hybridized carbons (Fsp3) is 0.588. The first-order valence-electron chi connectivity index (χ1n) is 16.5. The molecule has 2 heterocycles. The minimum atomic E-state index is -3.74. The number of rotatable bonds is 17. The molecule has 2 aromatic rings. The third kappa shape index (κ3) is 10.7. The second-order valence-electron chi connectivity index (χ2n) is 14.1. The molecule has 0 aliphatic carbocycles. The molecule has 48 heavy (non-hydrogen) atoms. The van der Waals surface area contributed by atoms with Crippen molar-refractivity contribution in [2.75, 3.05) is 19.4 Å². The minimum Gasteiger partial charge on any atom is -0.464 e. The number of esters is 2. The predicted octanol–water partition coefficient (Wildman–Crippen LogP) is 6.82. The monoisotopic (exact) mass is 722 g/mol. The molecular weight excluding hydrogens is 672 g/mol. The summed E-state index contributed by atoms with van der Waals surface area (Å²) in [4.78, 5) is 27.7. The summed E-state index contributed by atoms with van der Waals surface area (Å²) < 4.78 is 63.2. The zero-order valence-electron chi connectivity index (χ0n) is 29.4. The van der Waals surface area contributed by atoms with Crippen molar-refractivity contribution in [2.24, 2.45) is 0 Å². The molecule has 0 saturated carbocycles. The van der Waals surface area contributed by atoms with Crippen LogP contribution in [0.4, 0.5) is 0 Å². The Morgan fingerprint density at radius 2 is 1.29 bits per heavy atom. The van der Waals surface area contributed by atoms with Gasteiger partial charge in [0.05, 0.1) is 51.2 Å². The number of carbonyl (C=O) groups excluding carboxylic acids is 2. The van der Waals surface area contributed by atoms with Crippen molar-refractivity contribution in [2.45, 2.75) is 109 Å². The number of carbonyl (C=O) groups is 2. The van der Waals surface area contributed by atoms with E-state index in [0.29, 0.717) is 0 Å². The lowest BCUT2D eigenvalue weighted by Crippen LogP contribution is -2.66. The van der Waals surface area contributed by atoms with Crippen LogP contribution in [0.25, 0.3) is 0 Å². The average molecular weight is 723 g/mol. The highest BCUT2D eigenvalue weighted by Crippen LogP contribution is 2.55. The lowest BCUT2D eigenvalue weighted by Gasteiger charge is -2.50. The maximum absolute atomic E-state index is 14.3. The minimum absolute atomic E-state index is 0.0352. The van der Waals surface area contributed by atoms with E-state index >= 15 is 0 Å². The van der Waals surface area contributed by atoms with Crippen molar-refractivity contribution in [3.63, 3.8) is 0 Å². The van der Waals surface area contributed by atoms with Gasteiger partial charge in [0.25, 0.3) is 5.79 Å². The van der Waals surface area contributed by atoms with Gasteiger partial charge in [-0.25, -0.2) is 9.59 Å². The number of hydrogen-bond donors (Lipinski definition) is 0. The third-order valence-electron chi connectivity index (χ3n) is 7.53. The van der Waals surface area contributed by atoms with Crippen molar-refractivity contribution in [1.29, 1.82) is 0 Å². The van der Waals surface area contributed by atoms with Gasteiger partial charge in [0.1, 0.15) is 6.10 Å². The number of benzene rings is 2. The van der Waals surface area contributed by atoms with Crippen molar-refractivity contribution in [3.05, 3.63) is 71.8 Å². The second kappa shape index (κ2) is 15.8. The highest BCUT2D eigenvalue weighted by atomic mass is 31.2. The van der Waals surface area contributed by atoms with E-state index in [1.165, 1.54) is 0 Å². The van der Waals surface area contributed by atoms with E-state index in [4.69, 9.17) is 36.8 Å². The van der Waals surface area contributed by atoms with Gasteiger partial charge in [0.15, 0.2) is 22.2 Å². The Morgan fingerprint density at radius 1 is 0.792 bits per heavy atom. The van der Waals surface area contributed by atoms with Crippen LogP contribution in [-0.2, 0) is 64.2 Å². The fourth-order valence-electron chi connectivity index (χ4n) is 5.85. The van der Waals surface area contributed by atoms with Gasteiger partial charge in [0.2, 0.25) is 0 Å². The van der Waals surface area contributed by atoms with Crippen molar-refractivity contribution in [3.8, 4) is 0 Å². The molecule has 0 radical (unpaired) electrons. The van der Waals surface area contributed by atoms with Crippen LogP contribution in [0.15, 0.2) is 60.7 Å². The van der Waals surface area contributed by atoms with Crippen LogP contribution in [0.2, 0.25) is 39.3 Å². The van der Waals surface area contributed by atoms with Crippen LogP contribution < -0.4 is 0 Å². The van der Waals surface area contributed by atoms with Crippen LogP contribution in [0, 0.1) is 0 Å². The number of ether oxygens (including phenoxy) is 4. The molecule has 5 atom stereocenters. The van der Waals surface area contributed by atoms with Gasteiger partial charge in [-0.1, -0.05) is 60.7 Å². The van der Waals surface area contributed by atoms with E-state index in [1.807, 2.05) is 99.9 Å². The molecule has 2 saturated heterocycles. The molecule has 0 bridgehead atoms. The Balaban J connectivity index is 1.66. The fourth-order valence-corrected chi connectivity index (χ4v) is 10.2. The summed E-state index contributed by atoms with van der Waals surface area (Å²) in [7, 11) is -8.70. The lowest BCUT2D eigenvalue weighted by atomic mass is 9.83. The summed E-state index contributed by atoms with van der Waals surface area (Å²) in [6.07, 6.45) is -2.44. The lowest BCUT2D eigenvalue weighted by molar-refractivity contribution is -0.281. The maximum atomic E-state index is 14.3. The molecule has 2 aliphatic heterocycles. The Hall–Kier alpha value is -2.20. The molecule has 0 aromatic heterocycles. The van der Waals surface area contributed by atoms with Gasteiger partial charge in [-0.3, -0.25) is 4.57 Å². The predicted molar refractivity (Wildman–Crippen MR) is 185 cm³/mol. The van der Waals surface area contributed by atoms with E-state index in [0.717, 1.165) is 11.1 Å². The Labute approximate surface area is 286 Å². The standard InChI is InChI=1S/C34H51O11PSi2/c1-9-38-31(35)33(44-47(3,4)5)21-28(43-34(25-33,32(36)39-10-2)45-48(6,7)8)30-29(42-30)24-46(37,40-22-26-17-13-11-14-18-26)41-23-27-19-15-12-16-20-27/h11-20,28-30H,9-10,21-25H2,1-8H3/t28-,29-,30+,33+,34+/m1/s1. The largest absolute Gasteiger partial charge is 0.464 e.